The molecule has 0 atom stereocenters. The average molecular weight is 296 g/mol. The van der Waals surface area contributed by atoms with Crippen molar-refractivity contribution < 1.29 is 18.7 Å². The van der Waals surface area contributed by atoms with Gasteiger partial charge in [0.2, 0.25) is 0 Å². The van der Waals surface area contributed by atoms with Gasteiger partial charge in [0, 0.05) is 0 Å². The van der Waals surface area contributed by atoms with Gasteiger partial charge in [-0.2, -0.15) is 0 Å². The molecule has 0 fully saturated rings. The van der Waals surface area contributed by atoms with E-state index in [1.165, 1.54) is 0 Å². The Kier molecular flexibility index (Phi) is 6.94. The van der Waals surface area contributed by atoms with E-state index in [1.54, 1.807) is 20.8 Å². The molecule has 0 saturated heterocycles. The molecule has 1 aromatic carbocycles. The minimum absolute atomic E-state index is 0.158. The van der Waals surface area contributed by atoms with Crippen molar-refractivity contribution in [1.29, 1.82) is 0 Å². The smallest absolute Gasteiger partial charge is 0.369 e. The highest BCUT2D eigenvalue weighted by molar-refractivity contribution is 7.65. The Morgan fingerprint density at radius 2 is 1.75 bits per heavy atom. The molecule has 0 aromatic heterocycles. The minimum Gasteiger partial charge on any atom is -0.391 e. The van der Waals surface area contributed by atoms with Crippen molar-refractivity contribution in [3.63, 3.8) is 0 Å². The van der Waals surface area contributed by atoms with Crippen molar-refractivity contribution in [2.75, 3.05) is 19.8 Å². The molecule has 0 radical (unpaired) electrons. The first-order valence-electron chi connectivity index (χ1n) is 6.59. The zero-order valence-electron chi connectivity index (χ0n) is 12.1. The second kappa shape index (κ2) is 8.21. The van der Waals surface area contributed by atoms with Gasteiger partial charge in [0.05, 0.1) is 19.8 Å². The predicted octanol–water partition coefficient (Wildman–Crippen LogP) is 3.83. The van der Waals surface area contributed by atoms with Crippen LogP contribution in [-0.4, -0.2) is 24.9 Å². The summed E-state index contributed by atoms with van der Waals surface area (Å²) in [6.07, 6.45) is 0. The highest BCUT2D eigenvalue weighted by atomic mass is 31.2. The molecule has 0 saturated carbocycles. The molecule has 0 amide bonds. The van der Waals surface area contributed by atoms with E-state index >= 15 is 0 Å². The van der Waals surface area contributed by atoms with Crippen LogP contribution in [0.3, 0.4) is 0 Å². The van der Waals surface area contributed by atoms with Gasteiger partial charge in [-0.05, 0) is 31.9 Å². The number of aliphatic hydroxyl groups excluding tert-OH is 1. The van der Waals surface area contributed by atoms with Gasteiger partial charge in [-0.25, -0.2) is 0 Å². The Bertz CT molecular complexity index is 520. The first kappa shape index (κ1) is 16.9. The van der Waals surface area contributed by atoms with Crippen molar-refractivity contribution in [3.05, 3.63) is 47.2 Å². The molecule has 0 bridgehead atoms. The normalized spacial score (nSPS) is 11.0. The third-order valence-electron chi connectivity index (χ3n) is 2.49. The number of benzene rings is 1. The van der Waals surface area contributed by atoms with E-state index in [1.807, 2.05) is 30.3 Å². The second-order valence-electron chi connectivity index (χ2n) is 4.11. The lowest BCUT2D eigenvalue weighted by atomic mass is 10.2. The van der Waals surface area contributed by atoms with Crippen LogP contribution in [-0.2, 0) is 13.6 Å². The second-order valence-corrected chi connectivity index (χ2v) is 6.07. The molecule has 5 heteroatoms. The molecule has 1 aromatic rings. The van der Waals surface area contributed by atoms with Crippen LogP contribution < -0.4 is 0 Å². The molecule has 0 heterocycles. The molecular weight excluding hydrogens is 275 g/mol. The van der Waals surface area contributed by atoms with Gasteiger partial charge in [0.15, 0.2) is 0 Å². The molecule has 0 spiro atoms. The quantitative estimate of drug-likeness (QED) is 0.613. The van der Waals surface area contributed by atoms with Crippen molar-refractivity contribution in [2.24, 2.45) is 0 Å². The predicted molar refractivity (Wildman–Crippen MR) is 80.5 cm³/mol. The highest BCUT2D eigenvalue weighted by Crippen LogP contribution is 2.60. The Morgan fingerprint density at radius 1 is 1.20 bits per heavy atom. The summed E-state index contributed by atoms with van der Waals surface area (Å²) in [6, 6.07) is 9.19. The van der Waals surface area contributed by atoms with Gasteiger partial charge in [0.1, 0.15) is 5.31 Å². The van der Waals surface area contributed by atoms with E-state index in [2.05, 4.69) is 5.73 Å². The van der Waals surface area contributed by atoms with E-state index < -0.39 is 7.60 Å². The molecule has 0 aliphatic carbocycles. The maximum absolute atomic E-state index is 12.9. The summed E-state index contributed by atoms with van der Waals surface area (Å²) in [5.74, 6) is 0. The lowest BCUT2D eigenvalue weighted by Crippen LogP contribution is -1.98. The van der Waals surface area contributed by atoms with Gasteiger partial charge in [0.25, 0.3) is 0 Å². The van der Waals surface area contributed by atoms with Gasteiger partial charge in [-0.3, -0.25) is 4.57 Å². The first-order valence-corrected chi connectivity index (χ1v) is 8.14. The zero-order chi connectivity index (χ0) is 15.0. The summed E-state index contributed by atoms with van der Waals surface area (Å²) in [5.41, 5.74) is 4.25. The standard InChI is InChI=1S/C15H21O4P/c1-4-18-20(17,19-5-2)15(11-13(3)12-16)14-9-7-6-8-10-14/h6-10,16H,4-5,12H2,1-3H3. The summed E-state index contributed by atoms with van der Waals surface area (Å²) in [7, 11) is -3.44. The van der Waals surface area contributed by atoms with Gasteiger partial charge in [-0.1, -0.05) is 30.3 Å². The SMILES string of the molecule is CCOP(=O)(OCC)C(=C=C(C)CO)c1ccccc1. The summed E-state index contributed by atoms with van der Waals surface area (Å²) in [5, 5.41) is 9.53. The van der Waals surface area contributed by atoms with Gasteiger partial charge >= 0.3 is 7.60 Å². The first-order chi connectivity index (χ1) is 9.57. The number of rotatable bonds is 7. The van der Waals surface area contributed by atoms with E-state index in [4.69, 9.17) is 9.05 Å². The van der Waals surface area contributed by atoms with Crippen LogP contribution in [0.4, 0.5) is 0 Å². The fourth-order valence-corrected chi connectivity index (χ4v) is 3.45. The molecule has 1 rings (SSSR count). The maximum Gasteiger partial charge on any atom is 0.369 e. The molecule has 110 valence electrons. The van der Waals surface area contributed by atoms with Gasteiger partial charge < -0.3 is 14.2 Å². The number of hydrogen-bond donors (Lipinski definition) is 1. The monoisotopic (exact) mass is 296 g/mol. The average Bonchev–Trinajstić information content (AvgIpc) is 2.45. The van der Waals surface area contributed by atoms with Crippen molar-refractivity contribution >= 4 is 12.9 Å². The van der Waals surface area contributed by atoms with E-state index in [9.17, 15) is 9.67 Å². The minimum atomic E-state index is -3.44. The third-order valence-corrected chi connectivity index (χ3v) is 4.60. The van der Waals surface area contributed by atoms with Gasteiger partial charge in [-0.15, -0.1) is 5.73 Å². The van der Waals surface area contributed by atoms with E-state index in [-0.39, 0.29) is 19.8 Å². The van der Waals surface area contributed by atoms with Crippen LogP contribution in [0.5, 0.6) is 0 Å². The van der Waals surface area contributed by atoms with Crippen LogP contribution in [0.1, 0.15) is 26.3 Å². The van der Waals surface area contributed by atoms with Crippen LogP contribution in [0.2, 0.25) is 0 Å². The summed E-state index contributed by atoms with van der Waals surface area (Å²) in [6.45, 7) is 5.62. The number of aliphatic hydroxyl groups is 1. The van der Waals surface area contributed by atoms with Crippen molar-refractivity contribution in [2.45, 2.75) is 20.8 Å². The Labute approximate surface area is 120 Å². The molecule has 0 aliphatic heterocycles. The Balaban J connectivity index is 3.46. The molecule has 20 heavy (non-hydrogen) atoms. The summed E-state index contributed by atoms with van der Waals surface area (Å²) in [4.78, 5) is 0. The molecule has 0 unspecified atom stereocenters. The fourth-order valence-electron chi connectivity index (χ4n) is 1.64. The highest BCUT2D eigenvalue weighted by Gasteiger charge is 2.30. The maximum atomic E-state index is 12.9. The lowest BCUT2D eigenvalue weighted by molar-refractivity contribution is 0.230. The van der Waals surface area contributed by atoms with E-state index in [0.717, 1.165) is 0 Å². The van der Waals surface area contributed by atoms with Crippen molar-refractivity contribution in [3.8, 4) is 0 Å². The Hall–Kier alpha value is -1.15. The molecule has 0 aliphatic rings. The van der Waals surface area contributed by atoms with Crippen LogP contribution in [0, 0.1) is 0 Å². The largest absolute Gasteiger partial charge is 0.391 e. The third kappa shape index (κ3) is 4.45. The summed E-state index contributed by atoms with van der Waals surface area (Å²) >= 11 is 0. The number of hydrogen-bond acceptors (Lipinski definition) is 4. The van der Waals surface area contributed by atoms with Crippen LogP contribution in [0.25, 0.3) is 5.31 Å². The van der Waals surface area contributed by atoms with E-state index in [0.29, 0.717) is 16.5 Å². The summed E-state index contributed by atoms with van der Waals surface area (Å²) < 4.78 is 23.7. The van der Waals surface area contributed by atoms with Crippen molar-refractivity contribution in [1.82, 2.24) is 0 Å². The van der Waals surface area contributed by atoms with Crippen LogP contribution in [0.15, 0.2) is 41.6 Å². The zero-order valence-corrected chi connectivity index (χ0v) is 13.0. The topological polar surface area (TPSA) is 55.8 Å². The lowest BCUT2D eigenvalue weighted by Gasteiger charge is -2.19. The molecular formula is C15H21O4P. The Morgan fingerprint density at radius 3 is 2.20 bits per heavy atom. The van der Waals surface area contributed by atoms with Crippen LogP contribution >= 0.6 is 7.60 Å². The molecule has 4 nitrogen and oxygen atoms in total. The molecule has 1 N–H and O–H groups in total. The fraction of sp³-hybridized carbons (Fsp3) is 0.400.